The smallest absolute Gasteiger partial charge is 0.252 e. The van der Waals surface area contributed by atoms with Gasteiger partial charge in [0.2, 0.25) is 0 Å². The van der Waals surface area contributed by atoms with E-state index in [4.69, 9.17) is 4.98 Å². The first-order valence-corrected chi connectivity index (χ1v) is 10.5. The molecule has 0 aliphatic heterocycles. The van der Waals surface area contributed by atoms with Crippen molar-refractivity contribution in [3.05, 3.63) is 114 Å². The van der Waals surface area contributed by atoms with Crippen molar-refractivity contribution in [2.75, 3.05) is 0 Å². The van der Waals surface area contributed by atoms with Crippen molar-refractivity contribution in [3.8, 4) is 5.69 Å². The minimum Gasteiger partial charge on any atom is -0.338 e. The van der Waals surface area contributed by atoms with Gasteiger partial charge in [-0.25, -0.2) is 9.97 Å². The van der Waals surface area contributed by atoms with Crippen LogP contribution < -0.4 is 5.32 Å². The second-order valence-corrected chi connectivity index (χ2v) is 7.75. The van der Waals surface area contributed by atoms with Crippen molar-refractivity contribution in [2.45, 2.75) is 13.0 Å². The molecule has 1 atom stereocenters. The Morgan fingerprint density at radius 2 is 1.69 bits per heavy atom. The SMILES string of the molecule is Cc1nc2cc(C(=O)NC(c3ccccc3)c3nccn3C)ccc2n1-c1ccccc1. The molecule has 2 heterocycles. The molecule has 1 N–H and O–H groups in total. The highest BCUT2D eigenvalue weighted by molar-refractivity contribution is 5.98. The first kappa shape index (κ1) is 19.8. The molecule has 0 aliphatic carbocycles. The molecule has 158 valence electrons. The predicted molar refractivity (Wildman–Crippen MR) is 125 cm³/mol. The zero-order valence-corrected chi connectivity index (χ0v) is 17.9. The summed E-state index contributed by atoms with van der Waals surface area (Å²) < 4.78 is 4.02. The fraction of sp³-hybridized carbons (Fsp3) is 0.115. The van der Waals surface area contributed by atoms with Gasteiger partial charge in [0.25, 0.3) is 5.91 Å². The molecule has 32 heavy (non-hydrogen) atoms. The number of carbonyl (C=O) groups is 1. The first-order chi connectivity index (χ1) is 15.6. The Morgan fingerprint density at radius 3 is 2.38 bits per heavy atom. The van der Waals surface area contributed by atoms with E-state index in [1.54, 1.807) is 6.20 Å². The van der Waals surface area contributed by atoms with Gasteiger partial charge in [-0.05, 0) is 42.8 Å². The summed E-state index contributed by atoms with van der Waals surface area (Å²) in [6.45, 7) is 1.97. The molecule has 6 nitrogen and oxygen atoms in total. The lowest BCUT2D eigenvalue weighted by Gasteiger charge is -2.19. The summed E-state index contributed by atoms with van der Waals surface area (Å²) in [6, 6.07) is 25.2. The summed E-state index contributed by atoms with van der Waals surface area (Å²) in [6.07, 6.45) is 3.62. The number of hydrogen-bond acceptors (Lipinski definition) is 3. The topological polar surface area (TPSA) is 64.7 Å². The third kappa shape index (κ3) is 3.56. The van der Waals surface area contributed by atoms with Gasteiger partial charge in [-0.15, -0.1) is 0 Å². The number of imidazole rings is 2. The highest BCUT2D eigenvalue weighted by atomic mass is 16.1. The summed E-state index contributed by atoms with van der Waals surface area (Å²) in [7, 11) is 1.93. The number of nitrogens with zero attached hydrogens (tertiary/aromatic N) is 4. The number of aromatic nitrogens is 4. The van der Waals surface area contributed by atoms with Gasteiger partial charge < -0.3 is 9.88 Å². The van der Waals surface area contributed by atoms with Gasteiger partial charge in [-0.1, -0.05) is 48.5 Å². The number of rotatable bonds is 5. The van der Waals surface area contributed by atoms with Gasteiger partial charge in [0.05, 0.1) is 11.0 Å². The zero-order chi connectivity index (χ0) is 22.1. The highest BCUT2D eigenvalue weighted by Crippen LogP contribution is 2.24. The molecule has 0 aliphatic rings. The standard InChI is InChI=1S/C26H23N5O/c1-18-28-22-17-20(13-14-23(22)31(18)21-11-7-4-8-12-21)26(32)29-24(19-9-5-3-6-10-19)25-27-15-16-30(25)2/h3-17,24H,1-2H3,(H,29,32). The van der Waals surface area contributed by atoms with Crippen LogP contribution in [0.5, 0.6) is 0 Å². The van der Waals surface area contributed by atoms with E-state index in [9.17, 15) is 4.79 Å². The summed E-state index contributed by atoms with van der Waals surface area (Å²) >= 11 is 0. The molecule has 5 aromatic rings. The Morgan fingerprint density at radius 1 is 0.969 bits per heavy atom. The number of fused-ring (bicyclic) bond motifs is 1. The number of para-hydroxylation sites is 1. The van der Waals surface area contributed by atoms with Gasteiger partial charge in [0.15, 0.2) is 0 Å². The third-order valence-corrected chi connectivity index (χ3v) is 5.62. The van der Waals surface area contributed by atoms with E-state index in [1.165, 1.54) is 0 Å². The molecular formula is C26H23N5O. The molecule has 0 bridgehead atoms. The summed E-state index contributed by atoms with van der Waals surface area (Å²) in [5.41, 5.74) is 4.33. The van der Waals surface area contributed by atoms with E-state index in [-0.39, 0.29) is 11.9 Å². The van der Waals surface area contributed by atoms with Crippen LogP contribution in [-0.2, 0) is 7.05 Å². The van der Waals surface area contributed by atoms with Crippen LogP contribution in [0, 0.1) is 6.92 Å². The lowest BCUT2D eigenvalue weighted by atomic mass is 10.1. The van der Waals surface area contributed by atoms with Crippen molar-refractivity contribution in [1.29, 1.82) is 0 Å². The number of hydrogen-bond donors (Lipinski definition) is 1. The van der Waals surface area contributed by atoms with Gasteiger partial charge in [0, 0.05) is 30.7 Å². The lowest BCUT2D eigenvalue weighted by molar-refractivity contribution is 0.0941. The van der Waals surface area contributed by atoms with E-state index in [0.29, 0.717) is 5.56 Å². The van der Waals surface area contributed by atoms with Gasteiger partial charge in [-0.3, -0.25) is 9.36 Å². The second-order valence-electron chi connectivity index (χ2n) is 7.75. The van der Waals surface area contributed by atoms with E-state index in [1.807, 2.05) is 104 Å². The molecule has 0 fully saturated rings. The number of benzene rings is 3. The fourth-order valence-corrected chi connectivity index (χ4v) is 4.06. The number of aryl methyl sites for hydroxylation is 2. The summed E-state index contributed by atoms with van der Waals surface area (Å²) in [5, 5.41) is 3.15. The highest BCUT2D eigenvalue weighted by Gasteiger charge is 2.22. The molecule has 2 aromatic heterocycles. The van der Waals surface area contributed by atoms with Gasteiger partial charge >= 0.3 is 0 Å². The Balaban J connectivity index is 1.50. The molecule has 0 saturated carbocycles. The van der Waals surface area contributed by atoms with Crippen molar-refractivity contribution >= 4 is 16.9 Å². The molecule has 3 aromatic carbocycles. The Hall–Kier alpha value is -4.19. The maximum Gasteiger partial charge on any atom is 0.252 e. The third-order valence-electron chi connectivity index (χ3n) is 5.62. The molecule has 5 rings (SSSR count). The minimum absolute atomic E-state index is 0.171. The maximum atomic E-state index is 13.3. The van der Waals surface area contributed by atoms with Gasteiger partial charge in [-0.2, -0.15) is 0 Å². The molecule has 6 heteroatoms. The zero-order valence-electron chi connectivity index (χ0n) is 17.9. The molecule has 0 radical (unpaired) electrons. The van der Waals surface area contributed by atoms with Crippen LogP contribution in [0.4, 0.5) is 0 Å². The van der Waals surface area contributed by atoms with Crippen LogP contribution in [-0.4, -0.2) is 25.0 Å². The van der Waals surface area contributed by atoms with E-state index < -0.39 is 0 Å². The average Bonchev–Trinajstić information content (AvgIpc) is 3.39. The maximum absolute atomic E-state index is 13.3. The first-order valence-electron chi connectivity index (χ1n) is 10.5. The quantitative estimate of drug-likeness (QED) is 0.452. The van der Waals surface area contributed by atoms with Crippen LogP contribution in [0.1, 0.15) is 33.6 Å². The van der Waals surface area contributed by atoms with Crippen molar-refractivity contribution in [3.63, 3.8) is 0 Å². The van der Waals surface area contributed by atoms with E-state index in [2.05, 4.69) is 14.9 Å². The molecule has 0 spiro atoms. The Labute approximate surface area is 186 Å². The van der Waals surface area contributed by atoms with Crippen molar-refractivity contribution in [2.24, 2.45) is 7.05 Å². The number of nitrogens with one attached hydrogen (secondary N) is 1. The molecule has 1 unspecified atom stereocenters. The summed E-state index contributed by atoms with van der Waals surface area (Å²) in [4.78, 5) is 22.4. The average molecular weight is 422 g/mol. The van der Waals surface area contributed by atoms with Crippen molar-refractivity contribution < 1.29 is 4.79 Å². The Bertz CT molecular complexity index is 1390. The number of amides is 1. The minimum atomic E-state index is -0.358. The molecular weight excluding hydrogens is 398 g/mol. The van der Waals surface area contributed by atoms with E-state index >= 15 is 0 Å². The predicted octanol–water partition coefficient (Wildman–Crippen LogP) is 4.59. The van der Waals surface area contributed by atoms with E-state index in [0.717, 1.165) is 33.9 Å². The van der Waals surface area contributed by atoms with Crippen LogP contribution in [0.2, 0.25) is 0 Å². The summed E-state index contributed by atoms with van der Waals surface area (Å²) in [5.74, 6) is 1.48. The number of carbonyl (C=O) groups excluding carboxylic acids is 1. The lowest BCUT2D eigenvalue weighted by Crippen LogP contribution is -2.31. The van der Waals surface area contributed by atoms with Gasteiger partial charge in [0.1, 0.15) is 17.7 Å². The van der Waals surface area contributed by atoms with Crippen LogP contribution in [0.3, 0.4) is 0 Å². The van der Waals surface area contributed by atoms with Crippen LogP contribution in [0.15, 0.2) is 91.3 Å². The monoisotopic (exact) mass is 421 g/mol. The largest absolute Gasteiger partial charge is 0.338 e. The van der Waals surface area contributed by atoms with Crippen molar-refractivity contribution in [1.82, 2.24) is 24.4 Å². The molecule has 1 amide bonds. The van der Waals surface area contributed by atoms with Crippen LogP contribution >= 0.6 is 0 Å². The Kier molecular flexibility index (Phi) is 5.03. The normalized spacial score (nSPS) is 12.1. The second kappa shape index (κ2) is 8.15. The van der Waals surface area contributed by atoms with Crippen LogP contribution in [0.25, 0.3) is 16.7 Å². The molecule has 0 saturated heterocycles. The fourth-order valence-electron chi connectivity index (χ4n) is 4.06.